The first-order chi connectivity index (χ1) is 11.8. The molecule has 1 aromatic rings. The second-order valence-electron chi connectivity index (χ2n) is 7.09. The molecule has 2 heterocycles. The summed E-state index contributed by atoms with van der Waals surface area (Å²) in [5.74, 6) is 0. The Morgan fingerprint density at radius 3 is 2.58 bits per heavy atom. The van der Waals surface area contributed by atoms with Gasteiger partial charge in [0.2, 0.25) is 0 Å². The standard InChI is InChI=1S/C20H29N3O/c1-2-19(20-4-3-13-24-20)22-18-9-11-23(12-10-18)15-17-7-5-16(14-21)6-8-17/h5-8,18-20,22H,2-4,9-13,15H2,1H3/t19-,20-/m1/s1. The Bertz CT molecular complexity index is 537. The number of nitriles is 1. The zero-order valence-corrected chi connectivity index (χ0v) is 14.7. The van der Waals surface area contributed by atoms with Crippen molar-refractivity contribution in [1.82, 2.24) is 10.2 Å². The van der Waals surface area contributed by atoms with E-state index in [1.807, 2.05) is 12.1 Å². The van der Waals surface area contributed by atoms with Crippen LogP contribution in [0.5, 0.6) is 0 Å². The normalized spacial score (nSPS) is 23.9. The molecule has 1 N–H and O–H groups in total. The number of nitrogens with one attached hydrogen (secondary N) is 1. The fourth-order valence-corrected chi connectivity index (χ4v) is 3.91. The molecular formula is C20H29N3O. The van der Waals surface area contributed by atoms with Gasteiger partial charge in [-0.2, -0.15) is 5.26 Å². The lowest BCUT2D eigenvalue weighted by atomic mass is 9.99. The van der Waals surface area contributed by atoms with E-state index in [1.54, 1.807) is 0 Å². The van der Waals surface area contributed by atoms with E-state index < -0.39 is 0 Å². The summed E-state index contributed by atoms with van der Waals surface area (Å²) in [5.41, 5.74) is 2.03. The number of hydrogen-bond acceptors (Lipinski definition) is 4. The maximum absolute atomic E-state index is 8.87. The highest BCUT2D eigenvalue weighted by atomic mass is 16.5. The highest BCUT2D eigenvalue weighted by Crippen LogP contribution is 2.20. The van der Waals surface area contributed by atoms with Crippen molar-refractivity contribution in [2.75, 3.05) is 19.7 Å². The van der Waals surface area contributed by atoms with Crippen LogP contribution in [0.15, 0.2) is 24.3 Å². The molecule has 0 radical (unpaired) electrons. The Labute approximate surface area is 145 Å². The number of benzene rings is 1. The SMILES string of the molecule is CC[C@@H](NC1CCN(Cc2ccc(C#N)cc2)CC1)[C@H]1CCCO1. The molecule has 3 rings (SSSR count). The van der Waals surface area contributed by atoms with Crippen LogP contribution in [-0.2, 0) is 11.3 Å². The maximum atomic E-state index is 8.87. The van der Waals surface area contributed by atoms with Crippen molar-refractivity contribution >= 4 is 0 Å². The van der Waals surface area contributed by atoms with Gasteiger partial charge >= 0.3 is 0 Å². The van der Waals surface area contributed by atoms with Crippen LogP contribution in [0.25, 0.3) is 0 Å². The van der Waals surface area contributed by atoms with Crippen molar-refractivity contribution < 1.29 is 4.74 Å². The fourth-order valence-electron chi connectivity index (χ4n) is 3.91. The largest absolute Gasteiger partial charge is 0.377 e. The molecule has 2 aliphatic rings. The van der Waals surface area contributed by atoms with Gasteiger partial charge in [-0.25, -0.2) is 0 Å². The predicted molar refractivity (Wildman–Crippen MR) is 95.6 cm³/mol. The van der Waals surface area contributed by atoms with Crippen molar-refractivity contribution in [1.29, 1.82) is 5.26 Å². The van der Waals surface area contributed by atoms with Gasteiger partial charge in [0.05, 0.1) is 17.7 Å². The van der Waals surface area contributed by atoms with E-state index in [4.69, 9.17) is 10.00 Å². The zero-order chi connectivity index (χ0) is 16.8. The Balaban J connectivity index is 1.44. The summed E-state index contributed by atoms with van der Waals surface area (Å²) in [5, 5.41) is 12.7. The molecule has 0 aromatic heterocycles. The van der Waals surface area contributed by atoms with Crippen LogP contribution in [0, 0.1) is 11.3 Å². The van der Waals surface area contributed by atoms with E-state index in [0.29, 0.717) is 18.2 Å². The van der Waals surface area contributed by atoms with Gasteiger partial charge in [0.25, 0.3) is 0 Å². The van der Waals surface area contributed by atoms with E-state index in [9.17, 15) is 0 Å². The summed E-state index contributed by atoms with van der Waals surface area (Å²) in [6.45, 7) is 6.46. The highest BCUT2D eigenvalue weighted by Gasteiger charge is 2.28. The lowest BCUT2D eigenvalue weighted by Crippen LogP contribution is -2.49. The fraction of sp³-hybridized carbons (Fsp3) is 0.650. The Hall–Kier alpha value is -1.41. The second kappa shape index (κ2) is 8.62. The van der Waals surface area contributed by atoms with Gasteiger partial charge < -0.3 is 10.1 Å². The molecule has 0 bridgehead atoms. The molecule has 0 spiro atoms. The third kappa shape index (κ3) is 4.57. The average Bonchev–Trinajstić information content (AvgIpc) is 3.16. The van der Waals surface area contributed by atoms with Gasteiger partial charge in [-0.3, -0.25) is 4.90 Å². The molecule has 0 aliphatic carbocycles. The highest BCUT2D eigenvalue weighted by molar-refractivity contribution is 5.31. The third-order valence-electron chi connectivity index (χ3n) is 5.38. The van der Waals surface area contributed by atoms with Crippen LogP contribution < -0.4 is 5.32 Å². The number of hydrogen-bond donors (Lipinski definition) is 1. The van der Waals surface area contributed by atoms with E-state index >= 15 is 0 Å². The van der Waals surface area contributed by atoms with Gasteiger partial charge in [0.1, 0.15) is 0 Å². The summed E-state index contributed by atoms with van der Waals surface area (Å²) in [4.78, 5) is 2.52. The molecule has 0 unspecified atom stereocenters. The van der Waals surface area contributed by atoms with Crippen LogP contribution >= 0.6 is 0 Å². The Morgan fingerprint density at radius 2 is 2.00 bits per heavy atom. The van der Waals surface area contributed by atoms with Gasteiger partial charge in [-0.05, 0) is 62.9 Å². The van der Waals surface area contributed by atoms with Gasteiger partial charge in [0.15, 0.2) is 0 Å². The van der Waals surface area contributed by atoms with Crippen molar-refractivity contribution in [3.63, 3.8) is 0 Å². The lowest BCUT2D eigenvalue weighted by molar-refractivity contribution is 0.0668. The number of ether oxygens (including phenoxy) is 1. The van der Waals surface area contributed by atoms with Crippen molar-refractivity contribution in [3.05, 3.63) is 35.4 Å². The first kappa shape index (κ1) is 17.4. The van der Waals surface area contributed by atoms with Gasteiger partial charge in [-0.1, -0.05) is 19.1 Å². The van der Waals surface area contributed by atoms with Gasteiger partial charge in [0, 0.05) is 25.2 Å². The first-order valence-corrected chi connectivity index (χ1v) is 9.37. The minimum absolute atomic E-state index is 0.423. The Kier molecular flexibility index (Phi) is 6.25. The molecule has 0 amide bonds. The first-order valence-electron chi connectivity index (χ1n) is 9.37. The van der Waals surface area contributed by atoms with E-state index in [0.717, 1.165) is 38.2 Å². The Morgan fingerprint density at radius 1 is 1.25 bits per heavy atom. The second-order valence-corrected chi connectivity index (χ2v) is 7.09. The molecule has 2 aliphatic heterocycles. The predicted octanol–water partition coefficient (Wildman–Crippen LogP) is 3.07. The summed E-state index contributed by atoms with van der Waals surface area (Å²) in [7, 11) is 0. The number of likely N-dealkylation sites (tertiary alicyclic amines) is 1. The maximum Gasteiger partial charge on any atom is 0.0991 e. The molecule has 130 valence electrons. The molecule has 24 heavy (non-hydrogen) atoms. The van der Waals surface area contributed by atoms with Crippen LogP contribution in [0.4, 0.5) is 0 Å². The number of piperidine rings is 1. The summed E-state index contributed by atoms with van der Waals surface area (Å²) in [6.07, 6.45) is 6.41. The quantitative estimate of drug-likeness (QED) is 0.872. The van der Waals surface area contributed by atoms with Crippen LogP contribution in [0.1, 0.15) is 50.2 Å². The molecule has 0 saturated carbocycles. The lowest BCUT2D eigenvalue weighted by Gasteiger charge is -2.35. The molecule has 4 nitrogen and oxygen atoms in total. The van der Waals surface area contributed by atoms with Crippen molar-refractivity contribution in [3.8, 4) is 6.07 Å². The van der Waals surface area contributed by atoms with Crippen LogP contribution in [0.2, 0.25) is 0 Å². The molecular weight excluding hydrogens is 298 g/mol. The monoisotopic (exact) mass is 327 g/mol. The number of nitrogens with zero attached hydrogens (tertiary/aromatic N) is 2. The van der Waals surface area contributed by atoms with Crippen LogP contribution in [0.3, 0.4) is 0 Å². The summed E-state index contributed by atoms with van der Waals surface area (Å²) < 4.78 is 5.87. The van der Waals surface area contributed by atoms with Crippen molar-refractivity contribution in [2.45, 2.75) is 63.8 Å². The van der Waals surface area contributed by atoms with E-state index in [1.165, 1.54) is 31.2 Å². The minimum Gasteiger partial charge on any atom is -0.377 e. The van der Waals surface area contributed by atoms with Crippen LogP contribution in [-0.4, -0.2) is 42.8 Å². The summed E-state index contributed by atoms with van der Waals surface area (Å²) >= 11 is 0. The van der Waals surface area contributed by atoms with E-state index in [-0.39, 0.29) is 0 Å². The molecule has 1 aromatic carbocycles. The van der Waals surface area contributed by atoms with Gasteiger partial charge in [-0.15, -0.1) is 0 Å². The average molecular weight is 327 g/mol. The molecule has 2 atom stereocenters. The summed E-state index contributed by atoms with van der Waals surface area (Å²) in [6, 6.07) is 11.3. The minimum atomic E-state index is 0.423. The third-order valence-corrected chi connectivity index (χ3v) is 5.38. The molecule has 2 saturated heterocycles. The van der Waals surface area contributed by atoms with E-state index in [2.05, 4.69) is 35.3 Å². The zero-order valence-electron chi connectivity index (χ0n) is 14.7. The molecule has 2 fully saturated rings. The topological polar surface area (TPSA) is 48.3 Å². The number of rotatable bonds is 6. The smallest absolute Gasteiger partial charge is 0.0991 e. The molecule has 4 heteroatoms. The van der Waals surface area contributed by atoms with Crippen molar-refractivity contribution in [2.24, 2.45) is 0 Å².